The predicted molar refractivity (Wildman–Crippen MR) is 67.6 cm³/mol. The maximum absolute atomic E-state index is 12.1. The van der Waals surface area contributed by atoms with E-state index in [1.807, 2.05) is 13.0 Å². The van der Waals surface area contributed by atoms with Crippen LogP contribution in [0.3, 0.4) is 0 Å². The highest BCUT2D eigenvalue weighted by Crippen LogP contribution is 2.17. The van der Waals surface area contributed by atoms with Crippen molar-refractivity contribution in [3.05, 3.63) is 51.9 Å². The van der Waals surface area contributed by atoms with E-state index in [2.05, 4.69) is 0 Å². The molecule has 4 nitrogen and oxygen atoms in total. The van der Waals surface area contributed by atoms with E-state index < -0.39 is 0 Å². The molecule has 1 aromatic carbocycles. The zero-order valence-corrected chi connectivity index (χ0v) is 9.77. The summed E-state index contributed by atoms with van der Waals surface area (Å²) in [6.45, 7) is 3.63. The SMILES string of the molecule is Cc1cc(C)n(-c2cccc(O)c2)c(=O)c1N. The Bertz CT molecular complexity index is 630. The molecule has 2 rings (SSSR count). The average Bonchev–Trinajstić information content (AvgIpc) is 2.26. The van der Waals surface area contributed by atoms with Crippen molar-refractivity contribution >= 4 is 5.69 Å². The van der Waals surface area contributed by atoms with Gasteiger partial charge in [0.2, 0.25) is 0 Å². The summed E-state index contributed by atoms with van der Waals surface area (Å²) in [6.07, 6.45) is 0. The lowest BCUT2D eigenvalue weighted by Crippen LogP contribution is -2.24. The van der Waals surface area contributed by atoms with E-state index in [0.29, 0.717) is 5.69 Å². The molecule has 2 aromatic rings. The Balaban J connectivity index is 2.77. The van der Waals surface area contributed by atoms with Crippen molar-refractivity contribution in [1.29, 1.82) is 0 Å². The number of nitrogens with zero attached hydrogens (tertiary/aromatic N) is 1. The summed E-state index contributed by atoms with van der Waals surface area (Å²) < 4.78 is 1.49. The van der Waals surface area contributed by atoms with Gasteiger partial charge in [-0.3, -0.25) is 9.36 Å². The monoisotopic (exact) mass is 230 g/mol. The van der Waals surface area contributed by atoms with Crippen molar-refractivity contribution in [2.45, 2.75) is 13.8 Å². The van der Waals surface area contributed by atoms with Gasteiger partial charge in [-0.15, -0.1) is 0 Å². The normalized spacial score (nSPS) is 10.5. The third-order valence-electron chi connectivity index (χ3n) is 2.72. The summed E-state index contributed by atoms with van der Waals surface area (Å²) in [5, 5.41) is 9.43. The Hall–Kier alpha value is -2.23. The molecule has 0 unspecified atom stereocenters. The van der Waals surface area contributed by atoms with Crippen molar-refractivity contribution < 1.29 is 5.11 Å². The fourth-order valence-electron chi connectivity index (χ4n) is 1.86. The number of nitrogen functional groups attached to an aromatic ring is 1. The smallest absolute Gasteiger partial charge is 0.278 e. The largest absolute Gasteiger partial charge is 0.508 e. The molecule has 1 aromatic heterocycles. The molecule has 0 aliphatic carbocycles. The standard InChI is InChI=1S/C13H14N2O2/c1-8-6-9(2)15(13(17)12(8)14)10-4-3-5-11(16)7-10/h3-7,16H,14H2,1-2H3. The number of nitrogens with two attached hydrogens (primary N) is 1. The van der Waals surface area contributed by atoms with Crippen LogP contribution in [0.4, 0.5) is 5.69 Å². The van der Waals surface area contributed by atoms with Gasteiger partial charge in [-0.2, -0.15) is 0 Å². The maximum Gasteiger partial charge on any atom is 0.278 e. The van der Waals surface area contributed by atoms with Crippen LogP contribution in [-0.4, -0.2) is 9.67 Å². The van der Waals surface area contributed by atoms with Crippen LogP contribution in [0.5, 0.6) is 5.75 Å². The van der Waals surface area contributed by atoms with Gasteiger partial charge in [-0.1, -0.05) is 6.07 Å². The lowest BCUT2D eigenvalue weighted by Gasteiger charge is -2.12. The van der Waals surface area contributed by atoms with Crippen LogP contribution in [0.15, 0.2) is 35.1 Å². The Morgan fingerprint density at radius 3 is 2.59 bits per heavy atom. The van der Waals surface area contributed by atoms with E-state index in [4.69, 9.17) is 5.73 Å². The van der Waals surface area contributed by atoms with Gasteiger partial charge in [-0.25, -0.2) is 0 Å². The van der Waals surface area contributed by atoms with Crippen molar-refractivity contribution in [2.24, 2.45) is 0 Å². The summed E-state index contributed by atoms with van der Waals surface area (Å²) in [5.41, 5.74) is 7.87. The van der Waals surface area contributed by atoms with Crippen LogP contribution >= 0.6 is 0 Å². The van der Waals surface area contributed by atoms with Gasteiger partial charge in [0.15, 0.2) is 0 Å². The number of aromatic nitrogens is 1. The topological polar surface area (TPSA) is 68.2 Å². The summed E-state index contributed by atoms with van der Waals surface area (Å²) in [4.78, 5) is 12.1. The van der Waals surface area contributed by atoms with Gasteiger partial charge in [0.05, 0.1) is 5.69 Å². The number of phenols is 1. The number of aromatic hydroxyl groups is 1. The molecule has 0 saturated heterocycles. The number of phenolic OH excluding ortho intramolecular Hbond substituents is 1. The highest BCUT2D eigenvalue weighted by Gasteiger charge is 2.09. The Morgan fingerprint density at radius 2 is 1.94 bits per heavy atom. The molecule has 0 saturated carbocycles. The Morgan fingerprint density at radius 1 is 1.24 bits per heavy atom. The van der Waals surface area contributed by atoms with Crippen LogP contribution in [0, 0.1) is 13.8 Å². The first-order chi connectivity index (χ1) is 8.00. The molecule has 0 fully saturated rings. The number of hydrogen-bond acceptors (Lipinski definition) is 3. The first-order valence-corrected chi connectivity index (χ1v) is 5.29. The zero-order valence-electron chi connectivity index (χ0n) is 9.77. The van der Waals surface area contributed by atoms with Gasteiger partial charge in [0.25, 0.3) is 5.56 Å². The molecule has 88 valence electrons. The fourth-order valence-corrected chi connectivity index (χ4v) is 1.86. The van der Waals surface area contributed by atoms with Crippen molar-refractivity contribution in [3.63, 3.8) is 0 Å². The molecular formula is C13H14N2O2. The van der Waals surface area contributed by atoms with Gasteiger partial charge in [0, 0.05) is 11.8 Å². The molecule has 0 bridgehead atoms. The third-order valence-corrected chi connectivity index (χ3v) is 2.72. The zero-order chi connectivity index (χ0) is 12.6. The van der Waals surface area contributed by atoms with Crippen molar-refractivity contribution in [3.8, 4) is 11.4 Å². The van der Waals surface area contributed by atoms with E-state index in [1.54, 1.807) is 25.1 Å². The molecule has 17 heavy (non-hydrogen) atoms. The van der Waals surface area contributed by atoms with Crippen LogP contribution in [-0.2, 0) is 0 Å². The summed E-state index contributed by atoms with van der Waals surface area (Å²) in [5.74, 6) is 0.118. The lowest BCUT2D eigenvalue weighted by atomic mass is 10.2. The lowest BCUT2D eigenvalue weighted by molar-refractivity contribution is 0.475. The second-order valence-electron chi connectivity index (χ2n) is 4.04. The minimum Gasteiger partial charge on any atom is -0.508 e. The minimum absolute atomic E-state index is 0.118. The van der Waals surface area contributed by atoms with Crippen LogP contribution in [0.2, 0.25) is 0 Å². The molecule has 0 spiro atoms. The second-order valence-corrected chi connectivity index (χ2v) is 4.04. The molecule has 0 aliphatic heterocycles. The van der Waals surface area contributed by atoms with Crippen LogP contribution in [0.1, 0.15) is 11.3 Å². The molecule has 0 radical (unpaired) electrons. The molecular weight excluding hydrogens is 216 g/mol. The number of aryl methyl sites for hydroxylation is 2. The summed E-state index contributed by atoms with van der Waals surface area (Å²) >= 11 is 0. The molecule has 1 heterocycles. The van der Waals surface area contributed by atoms with E-state index in [0.717, 1.165) is 11.3 Å². The highest BCUT2D eigenvalue weighted by molar-refractivity contribution is 5.49. The minimum atomic E-state index is -0.256. The van der Waals surface area contributed by atoms with Crippen LogP contribution < -0.4 is 11.3 Å². The second kappa shape index (κ2) is 3.97. The number of hydrogen-bond donors (Lipinski definition) is 2. The number of pyridine rings is 1. The van der Waals surface area contributed by atoms with E-state index in [9.17, 15) is 9.90 Å². The van der Waals surface area contributed by atoms with Gasteiger partial charge in [0.1, 0.15) is 11.4 Å². The average molecular weight is 230 g/mol. The molecule has 4 heteroatoms. The molecule has 0 atom stereocenters. The van der Waals surface area contributed by atoms with Crippen molar-refractivity contribution in [2.75, 3.05) is 5.73 Å². The number of rotatable bonds is 1. The van der Waals surface area contributed by atoms with E-state index in [-0.39, 0.29) is 17.0 Å². The summed E-state index contributed by atoms with van der Waals surface area (Å²) in [6, 6.07) is 8.38. The predicted octanol–water partition coefficient (Wildman–Crippen LogP) is 1.74. The fraction of sp³-hybridized carbons (Fsp3) is 0.154. The first-order valence-electron chi connectivity index (χ1n) is 5.29. The van der Waals surface area contributed by atoms with Gasteiger partial charge >= 0.3 is 0 Å². The first kappa shape index (κ1) is 11.3. The highest BCUT2D eigenvalue weighted by atomic mass is 16.3. The number of anilines is 1. The van der Waals surface area contributed by atoms with Gasteiger partial charge in [-0.05, 0) is 37.6 Å². The van der Waals surface area contributed by atoms with E-state index in [1.165, 1.54) is 10.6 Å². The van der Waals surface area contributed by atoms with Gasteiger partial charge < -0.3 is 10.8 Å². The molecule has 0 amide bonds. The van der Waals surface area contributed by atoms with Crippen molar-refractivity contribution in [1.82, 2.24) is 4.57 Å². The summed E-state index contributed by atoms with van der Waals surface area (Å²) in [7, 11) is 0. The molecule has 3 N–H and O–H groups in total. The Labute approximate surface area is 98.9 Å². The third kappa shape index (κ3) is 1.89. The quantitative estimate of drug-likeness (QED) is 0.784. The van der Waals surface area contributed by atoms with E-state index >= 15 is 0 Å². The Kier molecular flexibility index (Phi) is 2.63. The van der Waals surface area contributed by atoms with Crippen LogP contribution in [0.25, 0.3) is 5.69 Å². The maximum atomic E-state index is 12.1. The number of benzene rings is 1. The molecule has 0 aliphatic rings.